The molecule has 0 aromatic heterocycles. The third-order valence-electron chi connectivity index (χ3n) is 2.73. The second kappa shape index (κ2) is 4.85. The van der Waals surface area contributed by atoms with Crippen LogP contribution in [0.4, 0.5) is 0 Å². The van der Waals surface area contributed by atoms with E-state index < -0.39 is 0 Å². The van der Waals surface area contributed by atoms with Crippen molar-refractivity contribution in [3.8, 4) is 0 Å². The molecule has 16 heavy (non-hydrogen) atoms. The van der Waals surface area contributed by atoms with Crippen molar-refractivity contribution in [3.63, 3.8) is 0 Å². The molecule has 1 aromatic carbocycles. The van der Waals surface area contributed by atoms with Gasteiger partial charge < -0.3 is 9.64 Å². The first-order chi connectivity index (χ1) is 7.66. The maximum Gasteiger partial charge on any atom is 0.219 e. The number of ether oxygens (including phenoxy) is 1. The van der Waals surface area contributed by atoms with Gasteiger partial charge in [0.2, 0.25) is 5.91 Å². The van der Waals surface area contributed by atoms with Gasteiger partial charge >= 0.3 is 0 Å². The van der Waals surface area contributed by atoms with Crippen molar-refractivity contribution >= 4 is 17.5 Å². The third kappa shape index (κ3) is 2.54. The summed E-state index contributed by atoms with van der Waals surface area (Å²) in [6.07, 6.45) is -0.0589. The van der Waals surface area contributed by atoms with Crippen LogP contribution in [0.5, 0.6) is 0 Å². The van der Waals surface area contributed by atoms with Gasteiger partial charge in [0, 0.05) is 18.5 Å². The molecule has 0 N–H and O–H groups in total. The summed E-state index contributed by atoms with van der Waals surface area (Å²) in [4.78, 5) is 13.1. The molecule has 0 spiro atoms. The maximum atomic E-state index is 11.3. The standard InChI is InChI=1S/C12H14ClNO2/c1-9(15)14-5-6-16-12(8-14)10-3-2-4-11(13)7-10/h2-4,7,12H,5-6,8H2,1H3. The topological polar surface area (TPSA) is 29.5 Å². The van der Waals surface area contributed by atoms with Crippen LogP contribution in [0.2, 0.25) is 5.02 Å². The van der Waals surface area contributed by atoms with Crippen LogP contribution in [0, 0.1) is 0 Å². The van der Waals surface area contributed by atoms with Crippen LogP contribution in [-0.4, -0.2) is 30.5 Å². The molecule has 1 saturated heterocycles. The first-order valence-corrected chi connectivity index (χ1v) is 5.67. The molecule has 1 aliphatic rings. The van der Waals surface area contributed by atoms with Gasteiger partial charge in [-0.15, -0.1) is 0 Å². The van der Waals surface area contributed by atoms with Gasteiger partial charge in [-0.05, 0) is 17.7 Å². The van der Waals surface area contributed by atoms with Gasteiger partial charge in [0.05, 0.1) is 13.2 Å². The summed E-state index contributed by atoms with van der Waals surface area (Å²) in [5.41, 5.74) is 1.03. The number of hydrogen-bond acceptors (Lipinski definition) is 2. The fourth-order valence-corrected chi connectivity index (χ4v) is 2.04. The zero-order valence-electron chi connectivity index (χ0n) is 9.15. The fraction of sp³-hybridized carbons (Fsp3) is 0.417. The van der Waals surface area contributed by atoms with Gasteiger partial charge in [-0.1, -0.05) is 23.7 Å². The second-order valence-corrected chi connectivity index (χ2v) is 4.32. The highest BCUT2D eigenvalue weighted by Gasteiger charge is 2.23. The molecule has 1 aliphatic heterocycles. The number of carbonyl (C=O) groups is 1. The molecule has 3 nitrogen and oxygen atoms in total. The van der Waals surface area contributed by atoms with E-state index in [-0.39, 0.29) is 12.0 Å². The Balaban J connectivity index is 2.12. The monoisotopic (exact) mass is 239 g/mol. The van der Waals surface area contributed by atoms with Crippen LogP contribution in [0.1, 0.15) is 18.6 Å². The number of morpholine rings is 1. The van der Waals surface area contributed by atoms with E-state index in [1.165, 1.54) is 0 Å². The van der Waals surface area contributed by atoms with Crippen LogP contribution < -0.4 is 0 Å². The summed E-state index contributed by atoms with van der Waals surface area (Å²) >= 11 is 5.93. The lowest BCUT2D eigenvalue weighted by atomic mass is 10.1. The Bertz CT molecular complexity index is 394. The van der Waals surface area contributed by atoms with E-state index in [2.05, 4.69) is 0 Å². The van der Waals surface area contributed by atoms with Gasteiger partial charge in [-0.25, -0.2) is 0 Å². The van der Waals surface area contributed by atoms with Gasteiger partial charge in [-0.2, -0.15) is 0 Å². The maximum absolute atomic E-state index is 11.3. The Kier molecular flexibility index (Phi) is 3.46. The van der Waals surface area contributed by atoms with Crippen molar-refractivity contribution in [1.82, 2.24) is 4.90 Å². The molecule has 4 heteroatoms. The lowest BCUT2D eigenvalue weighted by Gasteiger charge is -2.32. The normalized spacial score (nSPS) is 20.9. The molecule has 86 valence electrons. The minimum atomic E-state index is -0.0589. The van der Waals surface area contributed by atoms with Crippen LogP contribution >= 0.6 is 11.6 Å². The largest absolute Gasteiger partial charge is 0.370 e. The Morgan fingerprint density at radius 2 is 2.38 bits per heavy atom. The lowest BCUT2D eigenvalue weighted by Crippen LogP contribution is -2.41. The number of rotatable bonds is 1. The zero-order valence-corrected chi connectivity index (χ0v) is 9.91. The van der Waals surface area contributed by atoms with Crippen molar-refractivity contribution < 1.29 is 9.53 Å². The van der Waals surface area contributed by atoms with Crippen LogP contribution in [0.15, 0.2) is 24.3 Å². The van der Waals surface area contributed by atoms with Gasteiger partial charge in [0.25, 0.3) is 0 Å². The smallest absolute Gasteiger partial charge is 0.219 e. The van der Waals surface area contributed by atoms with Gasteiger partial charge in [0.1, 0.15) is 6.10 Å². The molecule has 1 atom stereocenters. The highest BCUT2D eigenvalue weighted by atomic mass is 35.5. The SMILES string of the molecule is CC(=O)N1CCOC(c2cccc(Cl)c2)C1. The summed E-state index contributed by atoms with van der Waals surface area (Å²) in [6.45, 7) is 3.44. The van der Waals surface area contributed by atoms with E-state index in [1.807, 2.05) is 24.3 Å². The molecular formula is C12H14ClNO2. The van der Waals surface area contributed by atoms with Crippen molar-refractivity contribution in [2.24, 2.45) is 0 Å². The first kappa shape index (κ1) is 11.4. The highest BCUT2D eigenvalue weighted by Crippen LogP contribution is 2.24. The van der Waals surface area contributed by atoms with Crippen molar-refractivity contribution in [1.29, 1.82) is 0 Å². The molecule has 1 unspecified atom stereocenters. The van der Waals surface area contributed by atoms with E-state index in [0.29, 0.717) is 24.7 Å². The molecule has 2 rings (SSSR count). The predicted octanol–water partition coefficient (Wildman–Crippen LogP) is 2.26. The second-order valence-electron chi connectivity index (χ2n) is 3.88. The van der Waals surface area contributed by atoms with Crippen molar-refractivity contribution in [2.75, 3.05) is 19.7 Å². The fourth-order valence-electron chi connectivity index (χ4n) is 1.84. The Morgan fingerprint density at radius 3 is 3.06 bits per heavy atom. The minimum absolute atomic E-state index is 0.0589. The van der Waals surface area contributed by atoms with Crippen molar-refractivity contribution in [3.05, 3.63) is 34.9 Å². The van der Waals surface area contributed by atoms with Crippen LogP contribution in [-0.2, 0) is 9.53 Å². The van der Waals surface area contributed by atoms with E-state index >= 15 is 0 Å². The third-order valence-corrected chi connectivity index (χ3v) is 2.97. The van der Waals surface area contributed by atoms with Gasteiger partial charge in [-0.3, -0.25) is 4.79 Å². The molecule has 1 heterocycles. The summed E-state index contributed by atoms with van der Waals surface area (Å²) in [6, 6.07) is 7.58. The Labute approximate surface area is 100.0 Å². The van der Waals surface area contributed by atoms with E-state index in [0.717, 1.165) is 5.56 Å². The molecule has 1 aromatic rings. The molecule has 0 saturated carbocycles. The molecule has 1 fully saturated rings. The minimum Gasteiger partial charge on any atom is -0.370 e. The lowest BCUT2D eigenvalue weighted by molar-refractivity contribution is -0.136. The van der Waals surface area contributed by atoms with Crippen LogP contribution in [0.25, 0.3) is 0 Å². The molecule has 1 amide bonds. The number of nitrogens with zero attached hydrogens (tertiary/aromatic N) is 1. The number of carbonyl (C=O) groups excluding carboxylic acids is 1. The summed E-state index contributed by atoms with van der Waals surface area (Å²) in [5.74, 6) is 0.0929. The average Bonchev–Trinajstić information content (AvgIpc) is 2.29. The van der Waals surface area contributed by atoms with Crippen molar-refractivity contribution in [2.45, 2.75) is 13.0 Å². The number of amides is 1. The first-order valence-electron chi connectivity index (χ1n) is 5.29. The van der Waals surface area contributed by atoms with E-state index in [4.69, 9.17) is 16.3 Å². The molecule has 0 aliphatic carbocycles. The Hall–Kier alpha value is -1.06. The van der Waals surface area contributed by atoms with Crippen LogP contribution in [0.3, 0.4) is 0 Å². The Morgan fingerprint density at radius 1 is 1.56 bits per heavy atom. The average molecular weight is 240 g/mol. The number of hydrogen-bond donors (Lipinski definition) is 0. The predicted molar refractivity (Wildman–Crippen MR) is 62.4 cm³/mol. The summed E-state index contributed by atoms with van der Waals surface area (Å²) in [7, 11) is 0. The number of halogens is 1. The molecular weight excluding hydrogens is 226 g/mol. The van der Waals surface area contributed by atoms with Gasteiger partial charge in [0.15, 0.2) is 0 Å². The van der Waals surface area contributed by atoms with E-state index in [9.17, 15) is 4.79 Å². The highest BCUT2D eigenvalue weighted by molar-refractivity contribution is 6.30. The molecule has 0 bridgehead atoms. The summed E-state index contributed by atoms with van der Waals surface area (Å²) in [5, 5.41) is 0.695. The molecule has 0 radical (unpaired) electrons. The number of benzene rings is 1. The quantitative estimate of drug-likeness (QED) is 0.753. The summed E-state index contributed by atoms with van der Waals surface area (Å²) < 4.78 is 5.65. The zero-order chi connectivity index (χ0) is 11.5. The van der Waals surface area contributed by atoms with E-state index in [1.54, 1.807) is 11.8 Å².